The molecule has 3 aliphatic heterocycles. The van der Waals surface area contributed by atoms with Crippen LogP contribution in [0.15, 0.2) is 17.5 Å². The summed E-state index contributed by atoms with van der Waals surface area (Å²) in [4.78, 5) is 4.98. The largest absolute Gasteiger partial charge is 0.474 e. The highest BCUT2D eigenvalue weighted by atomic mass is 32.2. The van der Waals surface area contributed by atoms with Crippen LogP contribution in [0.2, 0.25) is 0 Å². The Morgan fingerprint density at radius 3 is 3.58 bits per heavy atom. The highest BCUT2D eigenvalue weighted by Crippen LogP contribution is 2.49. The van der Waals surface area contributed by atoms with Crippen molar-refractivity contribution in [3.05, 3.63) is 12.3 Å². The Hall–Kier alpha value is -0.640. The molecule has 12 heavy (non-hydrogen) atoms. The zero-order valence-electron chi connectivity index (χ0n) is 6.69. The van der Waals surface area contributed by atoms with E-state index in [1.807, 2.05) is 6.08 Å². The molecule has 1 fully saturated rings. The number of nitrogens with zero attached hydrogens (tertiary/aromatic N) is 1. The molecule has 3 aliphatic rings. The molecule has 0 bridgehead atoms. The molecule has 1 spiro atoms. The second-order valence-electron chi connectivity index (χ2n) is 3.33. The highest BCUT2D eigenvalue weighted by Gasteiger charge is 2.59. The van der Waals surface area contributed by atoms with Crippen LogP contribution < -0.4 is 0 Å². The molecule has 3 nitrogen and oxygen atoms in total. The van der Waals surface area contributed by atoms with Crippen LogP contribution in [-0.4, -0.2) is 22.5 Å². The van der Waals surface area contributed by atoms with E-state index in [4.69, 9.17) is 9.57 Å². The third kappa shape index (κ3) is 0.588. The molecule has 0 radical (unpaired) electrons. The molecule has 64 valence electrons. The minimum atomic E-state index is -0.278. The summed E-state index contributed by atoms with van der Waals surface area (Å²) in [5, 5.41) is 4.07. The van der Waals surface area contributed by atoms with Gasteiger partial charge in [0.1, 0.15) is 5.71 Å². The monoisotopic (exact) mass is 183 g/mol. The highest BCUT2D eigenvalue weighted by molar-refractivity contribution is 8.01. The molecule has 0 saturated carbocycles. The van der Waals surface area contributed by atoms with E-state index in [9.17, 15) is 0 Å². The molecular weight excluding hydrogens is 174 g/mol. The van der Waals surface area contributed by atoms with Crippen LogP contribution in [0.4, 0.5) is 0 Å². The lowest BCUT2D eigenvalue weighted by Gasteiger charge is -2.20. The second-order valence-corrected chi connectivity index (χ2v) is 4.56. The topological polar surface area (TPSA) is 30.8 Å². The molecule has 0 amide bonds. The lowest BCUT2D eigenvalue weighted by molar-refractivity contribution is 0.0525. The quantitative estimate of drug-likeness (QED) is 0.568. The van der Waals surface area contributed by atoms with Gasteiger partial charge in [-0.15, -0.1) is 11.8 Å². The van der Waals surface area contributed by atoms with Gasteiger partial charge in [-0.3, -0.25) is 0 Å². The van der Waals surface area contributed by atoms with Crippen molar-refractivity contribution in [2.45, 2.75) is 18.0 Å². The standard InChI is InChI=1S/C8H9NO2S/c1-5-4-12-8-6(2-3-10-8)11-9-7(5)8/h2-3,5-6H,4H2,1H3. The number of rotatable bonds is 0. The predicted molar refractivity (Wildman–Crippen MR) is 46.9 cm³/mol. The predicted octanol–water partition coefficient (Wildman–Crippen LogP) is 1.36. The smallest absolute Gasteiger partial charge is 0.238 e. The van der Waals surface area contributed by atoms with Crippen molar-refractivity contribution in [1.82, 2.24) is 0 Å². The minimum Gasteiger partial charge on any atom is -0.474 e. The van der Waals surface area contributed by atoms with Gasteiger partial charge in [-0.2, -0.15) is 0 Å². The average molecular weight is 183 g/mol. The van der Waals surface area contributed by atoms with E-state index in [1.165, 1.54) is 0 Å². The van der Waals surface area contributed by atoms with E-state index in [2.05, 4.69) is 12.1 Å². The van der Waals surface area contributed by atoms with E-state index >= 15 is 0 Å². The van der Waals surface area contributed by atoms with Crippen LogP contribution >= 0.6 is 11.8 Å². The molecule has 1 saturated heterocycles. The zero-order chi connectivity index (χ0) is 8.18. The number of hydrogen-bond donors (Lipinski definition) is 0. The first-order chi connectivity index (χ1) is 5.83. The van der Waals surface area contributed by atoms with Crippen molar-refractivity contribution in [2.75, 3.05) is 5.75 Å². The summed E-state index contributed by atoms with van der Waals surface area (Å²) in [6.07, 6.45) is 3.67. The van der Waals surface area contributed by atoms with Gasteiger partial charge >= 0.3 is 0 Å². The van der Waals surface area contributed by atoms with Gasteiger partial charge in [-0.05, 0) is 6.08 Å². The number of oxime groups is 1. The Morgan fingerprint density at radius 1 is 1.75 bits per heavy atom. The summed E-state index contributed by atoms with van der Waals surface area (Å²) in [5.41, 5.74) is 1.07. The van der Waals surface area contributed by atoms with E-state index in [0.717, 1.165) is 11.5 Å². The van der Waals surface area contributed by atoms with Gasteiger partial charge in [0.2, 0.25) is 11.0 Å². The summed E-state index contributed by atoms with van der Waals surface area (Å²) in [6, 6.07) is 0. The van der Waals surface area contributed by atoms with Gasteiger partial charge in [0.25, 0.3) is 0 Å². The van der Waals surface area contributed by atoms with E-state index in [-0.39, 0.29) is 11.0 Å². The number of thioether (sulfide) groups is 1. The van der Waals surface area contributed by atoms with Crippen LogP contribution in [0.25, 0.3) is 0 Å². The third-order valence-corrected chi connectivity index (χ3v) is 4.14. The molecule has 3 heterocycles. The molecule has 3 atom stereocenters. The Labute approximate surface area is 74.8 Å². The zero-order valence-corrected chi connectivity index (χ0v) is 7.50. The first-order valence-corrected chi connectivity index (χ1v) is 5.04. The molecule has 0 aliphatic carbocycles. The Kier molecular flexibility index (Phi) is 1.13. The van der Waals surface area contributed by atoms with E-state index in [1.54, 1.807) is 18.0 Å². The summed E-state index contributed by atoms with van der Waals surface area (Å²) in [7, 11) is 0. The average Bonchev–Trinajstić information content (AvgIpc) is 2.62. The molecule has 0 aromatic carbocycles. The van der Waals surface area contributed by atoms with Gasteiger partial charge in [0.05, 0.1) is 6.26 Å². The SMILES string of the molecule is CC1CSC23OC=CC2ON=C13. The Balaban J connectivity index is 2.06. The summed E-state index contributed by atoms with van der Waals surface area (Å²) >= 11 is 1.80. The molecule has 3 unspecified atom stereocenters. The van der Waals surface area contributed by atoms with Gasteiger partial charge in [0.15, 0.2) is 0 Å². The van der Waals surface area contributed by atoms with Crippen LogP contribution in [0, 0.1) is 5.92 Å². The lowest BCUT2D eigenvalue weighted by Crippen LogP contribution is -2.38. The van der Waals surface area contributed by atoms with Gasteiger partial charge in [-0.25, -0.2) is 0 Å². The van der Waals surface area contributed by atoms with Crippen molar-refractivity contribution in [3.8, 4) is 0 Å². The summed E-state index contributed by atoms with van der Waals surface area (Å²) in [6.45, 7) is 2.16. The molecule has 0 aromatic rings. The van der Waals surface area contributed by atoms with Crippen molar-refractivity contribution in [2.24, 2.45) is 11.1 Å². The van der Waals surface area contributed by atoms with Crippen LogP contribution in [0.5, 0.6) is 0 Å². The normalized spacial score (nSPS) is 47.9. The van der Waals surface area contributed by atoms with E-state index in [0.29, 0.717) is 5.92 Å². The fraction of sp³-hybridized carbons (Fsp3) is 0.625. The summed E-state index contributed by atoms with van der Waals surface area (Å²) < 4.78 is 5.59. The molecular formula is C8H9NO2S. The first-order valence-electron chi connectivity index (χ1n) is 4.05. The maximum atomic E-state index is 5.59. The van der Waals surface area contributed by atoms with Crippen molar-refractivity contribution >= 4 is 17.5 Å². The molecule has 4 heteroatoms. The lowest BCUT2D eigenvalue weighted by atomic mass is 10.0. The molecule has 0 N–H and O–H groups in total. The maximum Gasteiger partial charge on any atom is 0.238 e. The van der Waals surface area contributed by atoms with Crippen LogP contribution in [0.1, 0.15) is 6.92 Å². The van der Waals surface area contributed by atoms with Crippen molar-refractivity contribution in [3.63, 3.8) is 0 Å². The number of hydrogen-bond acceptors (Lipinski definition) is 4. The molecule has 0 aromatic heterocycles. The Morgan fingerprint density at radius 2 is 2.67 bits per heavy atom. The fourth-order valence-corrected chi connectivity index (χ4v) is 3.30. The van der Waals surface area contributed by atoms with E-state index < -0.39 is 0 Å². The Bertz CT molecular complexity index is 289. The van der Waals surface area contributed by atoms with Gasteiger partial charge in [0, 0.05) is 11.7 Å². The number of ether oxygens (including phenoxy) is 1. The third-order valence-electron chi connectivity index (χ3n) is 2.51. The summed E-state index contributed by atoms with van der Waals surface area (Å²) in [5.74, 6) is 1.57. The van der Waals surface area contributed by atoms with Gasteiger partial charge in [-0.1, -0.05) is 12.1 Å². The van der Waals surface area contributed by atoms with Crippen LogP contribution in [0.3, 0.4) is 0 Å². The minimum absolute atomic E-state index is 0.0162. The van der Waals surface area contributed by atoms with Crippen molar-refractivity contribution in [1.29, 1.82) is 0 Å². The van der Waals surface area contributed by atoms with Gasteiger partial charge < -0.3 is 9.57 Å². The van der Waals surface area contributed by atoms with Crippen molar-refractivity contribution < 1.29 is 9.57 Å². The molecule has 3 rings (SSSR count). The first kappa shape index (κ1) is 6.83. The second kappa shape index (κ2) is 1.99. The maximum absolute atomic E-state index is 5.59. The van der Waals surface area contributed by atoms with Crippen LogP contribution in [-0.2, 0) is 9.57 Å². The fourth-order valence-electron chi connectivity index (χ4n) is 1.84.